The van der Waals surface area contributed by atoms with Gasteiger partial charge in [0.2, 0.25) is 5.91 Å². The zero-order valence-corrected chi connectivity index (χ0v) is 22.2. The second kappa shape index (κ2) is 11.2. The quantitative estimate of drug-likeness (QED) is 0.336. The summed E-state index contributed by atoms with van der Waals surface area (Å²) in [7, 11) is 0. The number of amides is 2. The lowest BCUT2D eigenvalue weighted by Gasteiger charge is -2.35. The lowest BCUT2D eigenvalue weighted by atomic mass is 9.89. The molecule has 3 aromatic rings. The number of nitrogen functional groups attached to an aromatic ring is 1. The maximum Gasteiger partial charge on any atom is 0.490 e. The number of benzene rings is 2. The number of aromatic nitrogens is 2. The lowest BCUT2D eigenvalue weighted by Crippen LogP contribution is -2.44. The van der Waals surface area contributed by atoms with Crippen molar-refractivity contribution < 1.29 is 50.6 Å². The van der Waals surface area contributed by atoms with Crippen LogP contribution in [0.4, 0.5) is 42.6 Å². The van der Waals surface area contributed by atoms with Gasteiger partial charge < -0.3 is 20.5 Å². The number of likely N-dealkylation sites (tertiary alicyclic amines) is 1. The summed E-state index contributed by atoms with van der Waals surface area (Å²) in [6.07, 6.45) is -5.72. The molecule has 3 heterocycles. The molecule has 2 amide bonds. The van der Waals surface area contributed by atoms with Crippen molar-refractivity contribution in [3.8, 4) is 11.3 Å². The minimum Gasteiger partial charge on any atom is -0.475 e. The van der Waals surface area contributed by atoms with E-state index in [1.807, 2.05) is 0 Å². The summed E-state index contributed by atoms with van der Waals surface area (Å²) in [4.78, 5) is 35.5. The number of anilines is 2. The average molecular weight is 640 g/mol. The lowest BCUT2D eigenvalue weighted by molar-refractivity contribution is -0.192. The molecule has 224 valence electrons. The van der Waals surface area contributed by atoms with Gasteiger partial charge in [-0.2, -0.15) is 18.3 Å². The van der Waals surface area contributed by atoms with Gasteiger partial charge in [-0.3, -0.25) is 10.1 Å². The molecule has 1 saturated heterocycles. The normalized spacial score (nSPS) is 17.7. The van der Waals surface area contributed by atoms with Crippen molar-refractivity contribution in [3.63, 3.8) is 0 Å². The number of nitrogens with one attached hydrogen (secondary N) is 1. The van der Waals surface area contributed by atoms with Crippen LogP contribution in [0.1, 0.15) is 12.0 Å². The van der Waals surface area contributed by atoms with E-state index in [0.29, 0.717) is 6.07 Å². The molecule has 0 saturated carbocycles. The molecule has 1 fully saturated rings. The van der Waals surface area contributed by atoms with E-state index in [0.717, 1.165) is 16.8 Å². The van der Waals surface area contributed by atoms with E-state index in [-0.39, 0.29) is 64.4 Å². The Hall–Kier alpha value is -4.18. The molecule has 0 aliphatic carbocycles. The number of aliphatic carboxylic acids is 1. The van der Waals surface area contributed by atoms with Crippen molar-refractivity contribution in [2.24, 2.45) is 0 Å². The van der Waals surface area contributed by atoms with Crippen LogP contribution in [0, 0.1) is 17.5 Å². The molecule has 5 rings (SSSR count). The highest BCUT2D eigenvalue weighted by Crippen LogP contribution is 2.45. The summed E-state index contributed by atoms with van der Waals surface area (Å²) >= 11 is 12.2. The molecule has 2 aliphatic heterocycles. The zero-order valence-electron chi connectivity index (χ0n) is 20.7. The first-order valence-electron chi connectivity index (χ1n) is 11.6. The van der Waals surface area contributed by atoms with E-state index in [2.05, 4.69) is 10.4 Å². The Morgan fingerprint density at radius 3 is 2.45 bits per heavy atom. The fraction of sp³-hybridized carbons (Fsp3) is 0.250. The maximum atomic E-state index is 14.9. The Morgan fingerprint density at radius 2 is 1.83 bits per heavy atom. The van der Waals surface area contributed by atoms with Crippen molar-refractivity contribution in [1.29, 1.82) is 0 Å². The molecule has 1 aromatic heterocycles. The Bertz CT molecular complexity index is 1600. The largest absolute Gasteiger partial charge is 0.490 e. The molecular weight excluding hydrogens is 623 g/mol. The van der Waals surface area contributed by atoms with Crippen LogP contribution in [0.25, 0.3) is 11.3 Å². The summed E-state index contributed by atoms with van der Waals surface area (Å²) < 4.78 is 80.7. The smallest absolute Gasteiger partial charge is 0.475 e. The molecule has 1 atom stereocenters. The predicted octanol–water partition coefficient (Wildman–Crippen LogP) is 5.18. The Morgan fingerprint density at radius 1 is 1.17 bits per heavy atom. The number of ether oxygens (including phenoxy) is 1. The van der Waals surface area contributed by atoms with Crippen LogP contribution >= 0.6 is 23.2 Å². The topological polar surface area (TPSA) is 140 Å². The van der Waals surface area contributed by atoms with Gasteiger partial charge in [0.05, 0.1) is 22.8 Å². The van der Waals surface area contributed by atoms with Gasteiger partial charge in [-0.15, -0.1) is 0 Å². The number of alkyl halides is 3. The number of hydrogen-bond donors (Lipinski definition) is 3. The Labute approximate surface area is 241 Å². The van der Waals surface area contributed by atoms with Crippen LogP contribution in [-0.4, -0.2) is 57.0 Å². The van der Waals surface area contributed by atoms with Crippen molar-refractivity contribution >= 4 is 52.7 Å². The monoisotopic (exact) mass is 639 g/mol. The third-order valence-electron chi connectivity index (χ3n) is 6.31. The second-order valence-electron chi connectivity index (χ2n) is 8.99. The van der Waals surface area contributed by atoms with Crippen LogP contribution in [-0.2, 0) is 26.5 Å². The molecule has 1 spiro atoms. The fourth-order valence-electron chi connectivity index (χ4n) is 4.40. The van der Waals surface area contributed by atoms with Gasteiger partial charge >= 0.3 is 18.2 Å². The van der Waals surface area contributed by atoms with Crippen molar-refractivity contribution in [2.75, 3.05) is 24.1 Å². The number of carbonyl (C=O) groups excluding carboxylic acids is 2. The first kappa shape index (κ1) is 30.8. The number of carboxylic acids is 1. The Kier molecular flexibility index (Phi) is 8.24. The first-order chi connectivity index (χ1) is 19.5. The zero-order chi connectivity index (χ0) is 31.1. The van der Waals surface area contributed by atoms with Gasteiger partial charge in [-0.05, 0) is 24.3 Å². The molecule has 0 bridgehead atoms. The number of hydrogen-bond acceptors (Lipinski definition) is 6. The van der Waals surface area contributed by atoms with E-state index in [1.165, 1.54) is 17.0 Å². The van der Waals surface area contributed by atoms with Gasteiger partial charge in [0.15, 0.2) is 11.4 Å². The van der Waals surface area contributed by atoms with Crippen molar-refractivity contribution in [2.45, 2.75) is 24.7 Å². The molecule has 4 N–H and O–H groups in total. The fourth-order valence-corrected chi connectivity index (χ4v) is 4.80. The molecule has 42 heavy (non-hydrogen) atoms. The highest BCUT2D eigenvalue weighted by atomic mass is 35.5. The number of carboxylic acid groups (broad SMARTS) is 1. The van der Waals surface area contributed by atoms with Crippen molar-refractivity contribution in [1.82, 2.24) is 14.7 Å². The molecule has 2 aromatic carbocycles. The number of nitrogens with zero attached hydrogens (tertiary/aromatic N) is 3. The molecule has 0 radical (unpaired) electrons. The van der Waals surface area contributed by atoms with Crippen molar-refractivity contribution in [3.05, 3.63) is 63.4 Å². The summed E-state index contributed by atoms with van der Waals surface area (Å²) in [5.41, 5.74) is 4.71. The number of halogens is 8. The van der Waals surface area contributed by atoms with Gasteiger partial charge in [0.1, 0.15) is 34.7 Å². The van der Waals surface area contributed by atoms with E-state index >= 15 is 0 Å². The molecule has 2 aliphatic rings. The van der Waals surface area contributed by atoms with Gasteiger partial charge in [-0.25, -0.2) is 27.4 Å². The SMILES string of the molecule is Nc1c(Cl)c(-c2ccc(F)cc2F)nn1CC(=O)N1CC[C@@]2(C1)OC(=O)Nc1ccc(Cl)c(F)c12.O=C(O)C(F)(F)F. The predicted molar refractivity (Wildman–Crippen MR) is 135 cm³/mol. The van der Waals surface area contributed by atoms with Crippen LogP contribution in [0.5, 0.6) is 0 Å². The highest BCUT2D eigenvalue weighted by Gasteiger charge is 2.50. The van der Waals surface area contributed by atoms with E-state index in [1.54, 1.807) is 0 Å². The minimum absolute atomic E-state index is 0.0507. The van der Waals surface area contributed by atoms with Gasteiger partial charge in [0.25, 0.3) is 0 Å². The molecule has 0 unspecified atom stereocenters. The number of nitrogens with two attached hydrogens (primary N) is 1. The van der Waals surface area contributed by atoms with Gasteiger partial charge in [-0.1, -0.05) is 23.2 Å². The maximum absolute atomic E-state index is 14.9. The first-order valence-corrected chi connectivity index (χ1v) is 12.3. The number of fused-ring (bicyclic) bond motifs is 2. The van der Waals surface area contributed by atoms with Crippen LogP contribution in [0.2, 0.25) is 10.0 Å². The van der Waals surface area contributed by atoms with Crippen LogP contribution in [0.3, 0.4) is 0 Å². The highest BCUT2D eigenvalue weighted by molar-refractivity contribution is 6.35. The van der Waals surface area contributed by atoms with E-state index < -0.39 is 47.2 Å². The standard InChI is InChI=1S/C22H16Cl2F3N5O3.C2HF3O2/c23-12-3-4-14-16(18(12)27)22(35-21(34)29-14)5-6-31(9-22)15(33)8-32-20(28)17(24)19(30-32)11-2-1-10(25)7-13(11)26;3-2(4,5)1(6)7/h1-4,7H,5-6,8-9,28H2,(H,29,34);(H,6,7)/t22-;/m0./s1. The minimum atomic E-state index is -5.08. The Balaban J connectivity index is 0.000000517. The van der Waals surface area contributed by atoms with Gasteiger partial charge in [0, 0.05) is 24.6 Å². The summed E-state index contributed by atoms with van der Waals surface area (Å²) in [5, 5.41) is 13.5. The summed E-state index contributed by atoms with van der Waals surface area (Å²) in [6.45, 7) is -0.356. The van der Waals surface area contributed by atoms with Crippen LogP contribution in [0.15, 0.2) is 30.3 Å². The second-order valence-corrected chi connectivity index (χ2v) is 9.78. The third kappa shape index (κ3) is 5.90. The average Bonchev–Trinajstić information content (AvgIpc) is 3.42. The number of rotatable bonds is 3. The summed E-state index contributed by atoms with van der Waals surface area (Å²) in [5.74, 6) is -5.73. The third-order valence-corrected chi connectivity index (χ3v) is 6.97. The van der Waals surface area contributed by atoms with E-state index in [9.17, 15) is 35.9 Å². The molecular formula is C24H17Cl2F6N5O5. The van der Waals surface area contributed by atoms with E-state index in [4.69, 9.17) is 43.6 Å². The number of carbonyl (C=O) groups is 3. The van der Waals surface area contributed by atoms with Crippen LogP contribution < -0.4 is 11.1 Å². The molecule has 10 nitrogen and oxygen atoms in total. The molecule has 18 heteroatoms. The summed E-state index contributed by atoms with van der Waals surface area (Å²) in [6, 6.07) is 5.67.